The van der Waals surface area contributed by atoms with Crippen molar-refractivity contribution in [1.29, 1.82) is 0 Å². The van der Waals surface area contributed by atoms with Crippen molar-refractivity contribution in [2.45, 2.75) is 51.5 Å². The largest absolute Gasteiger partial charge is 0.497 e. The Morgan fingerprint density at radius 3 is 1.81 bits per heavy atom. The normalized spacial score (nSPS) is 15.4. The van der Waals surface area contributed by atoms with Crippen LogP contribution in [0.15, 0.2) is 91.1 Å². The lowest BCUT2D eigenvalue weighted by atomic mass is 9.65. The Labute approximate surface area is 221 Å². The van der Waals surface area contributed by atoms with Crippen molar-refractivity contribution in [3.8, 4) is 22.8 Å². The van der Waals surface area contributed by atoms with Gasteiger partial charge in [0.05, 0.1) is 25.2 Å². The van der Waals surface area contributed by atoms with Gasteiger partial charge in [-0.25, -0.2) is 0 Å². The Hall–Kier alpha value is -3.79. The zero-order valence-corrected chi connectivity index (χ0v) is 22.6. The Morgan fingerprint density at radius 1 is 0.730 bits per heavy atom. The SMILES string of the molecule is CCC1[n+]2ccccc2-c2cc(N(c3ccc(OC)cc3)c3ccc(OC)cc3)ccc2C1(CC)CC. The summed E-state index contributed by atoms with van der Waals surface area (Å²) in [5.74, 6) is 1.69. The first-order valence-corrected chi connectivity index (χ1v) is 13.3. The molecule has 0 bridgehead atoms. The van der Waals surface area contributed by atoms with Crippen molar-refractivity contribution in [3.05, 3.63) is 96.7 Å². The molecule has 0 N–H and O–H groups in total. The van der Waals surface area contributed by atoms with Gasteiger partial charge in [0.1, 0.15) is 11.5 Å². The number of anilines is 3. The molecule has 0 spiro atoms. The predicted molar refractivity (Wildman–Crippen MR) is 151 cm³/mol. The molecule has 1 unspecified atom stereocenters. The standard InChI is InChI=1S/C33H37N2O2/c1-6-32-33(7-2,8-3)30-21-16-26(23-29(30)31-11-9-10-22-34(31)32)35(24-12-17-27(36-4)18-13-24)25-14-19-28(37-5)20-15-25/h9-23,32H,6-8H2,1-5H3/q+1. The summed E-state index contributed by atoms with van der Waals surface area (Å²) in [6, 6.07) is 30.6. The molecule has 190 valence electrons. The molecule has 2 heterocycles. The van der Waals surface area contributed by atoms with Crippen LogP contribution in [-0.4, -0.2) is 14.2 Å². The van der Waals surface area contributed by atoms with E-state index in [1.54, 1.807) is 14.2 Å². The first kappa shape index (κ1) is 24.9. The lowest BCUT2D eigenvalue weighted by molar-refractivity contribution is -0.725. The van der Waals surface area contributed by atoms with Crippen LogP contribution in [0, 0.1) is 0 Å². The van der Waals surface area contributed by atoms with Gasteiger partial charge >= 0.3 is 0 Å². The minimum absolute atomic E-state index is 0.104. The van der Waals surface area contributed by atoms with E-state index in [1.807, 2.05) is 24.3 Å². The highest BCUT2D eigenvalue weighted by atomic mass is 16.5. The van der Waals surface area contributed by atoms with Crippen LogP contribution in [0.3, 0.4) is 0 Å². The van der Waals surface area contributed by atoms with Gasteiger partial charge in [-0.2, -0.15) is 4.57 Å². The molecule has 0 amide bonds. The second-order valence-corrected chi connectivity index (χ2v) is 9.74. The molecule has 3 aromatic carbocycles. The zero-order chi connectivity index (χ0) is 26.0. The number of hydrogen-bond acceptors (Lipinski definition) is 3. The third-order valence-electron chi connectivity index (χ3n) is 8.25. The fourth-order valence-electron chi connectivity index (χ4n) is 6.32. The minimum Gasteiger partial charge on any atom is -0.497 e. The van der Waals surface area contributed by atoms with Crippen LogP contribution in [-0.2, 0) is 5.41 Å². The highest BCUT2D eigenvalue weighted by molar-refractivity contribution is 5.81. The quantitative estimate of drug-likeness (QED) is 0.232. The summed E-state index contributed by atoms with van der Waals surface area (Å²) in [6.07, 6.45) is 5.59. The van der Waals surface area contributed by atoms with Crippen molar-refractivity contribution in [2.24, 2.45) is 0 Å². The summed E-state index contributed by atoms with van der Waals surface area (Å²) in [4.78, 5) is 2.30. The first-order chi connectivity index (χ1) is 18.1. The van der Waals surface area contributed by atoms with Gasteiger partial charge in [-0.05, 0) is 85.1 Å². The summed E-state index contributed by atoms with van der Waals surface area (Å²) in [6.45, 7) is 7.02. The molecule has 1 atom stereocenters. The van der Waals surface area contributed by atoms with E-state index in [0.29, 0.717) is 6.04 Å². The summed E-state index contributed by atoms with van der Waals surface area (Å²) < 4.78 is 13.4. The summed E-state index contributed by atoms with van der Waals surface area (Å²) in [5, 5.41) is 0. The van der Waals surface area contributed by atoms with Crippen LogP contribution in [0.25, 0.3) is 11.3 Å². The van der Waals surface area contributed by atoms with Crippen LogP contribution in [0.4, 0.5) is 17.1 Å². The second kappa shape index (κ2) is 10.3. The number of benzene rings is 3. The van der Waals surface area contributed by atoms with Gasteiger partial charge in [0.25, 0.3) is 0 Å². The smallest absolute Gasteiger partial charge is 0.213 e. The zero-order valence-electron chi connectivity index (χ0n) is 22.6. The van der Waals surface area contributed by atoms with E-state index in [1.165, 1.54) is 16.8 Å². The molecule has 0 saturated carbocycles. The molecule has 1 aromatic heterocycles. The Morgan fingerprint density at radius 2 is 1.30 bits per heavy atom. The number of aromatic nitrogens is 1. The van der Waals surface area contributed by atoms with Crippen LogP contribution in [0.2, 0.25) is 0 Å². The van der Waals surface area contributed by atoms with Gasteiger partial charge in [-0.3, -0.25) is 0 Å². The fraction of sp³-hybridized carbons (Fsp3) is 0.303. The maximum atomic E-state index is 5.43. The number of pyridine rings is 1. The molecule has 1 aliphatic rings. The van der Waals surface area contributed by atoms with Gasteiger partial charge in [0, 0.05) is 35.6 Å². The van der Waals surface area contributed by atoms with Gasteiger partial charge in [0.2, 0.25) is 5.69 Å². The van der Waals surface area contributed by atoms with Gasteiger partial charge in [-0.1, -0.05) is 26.8 Å². The topological polar surface area (TPSA) is 25.6 Å². The molecule has 37 heavy (non-hydrogen) atoms. The molecule has 4 heteroatoms. The monoisotopic (exact) mass is 493 g/mol. The average Bonchev–Trinajstić information content (AvgIpc) is 2.97. The molecule has 0 saturated heterocycles. The van der Waals surface area contributed by atoms with Crippen LogP contribution in [0.1, 0.15) is 51.6 Å². The van der Waals surface area contributed by atoms with Crippen molar-refractivity contribution in [1.82, 2.24) is 0 Å². The molecule has 0 aliphatic carbocycles. The van der Waals surface area contributed by atoms with Gasteiger partial charge in [-0.15, -0.1) is 0 Å². The van der Waals surface area contributed by atoms with E-state index in [4.69, 9.17) is 9.47 Å². The van der Waals surface area contributed by atoms with E-state index in [0.717, 1.165) is 47.8 Å². The van der Waals surface area contributed by atoms with Crippen LogP contribution in [0.5, 0.6) is 11.5 Å². The van der Waals surface area contributed by atoms with Crippen LogP contribution >= 0.6 is 0 Å². The number of rotatable bonds is 8. The van der Waals surface area contributed by atoms with E-state index in [-0.39, 0.29) is 5.41 Å². The van der Waals surface area contributed by atoms with E-state index < -0.39 is 0 Å². The number of ether oxygens (including phenoxy) is 2. The summed E-state index contributed by atoms with van der Waals surface area (Å²) in [7, 11) is 3.40. The second-order valence-electron chi connectivity index (χ2n) is 9.74. The molecule has 1 aliphatic heterocycles. The Bertz CT molecular complexity index is 1310. The number of hydrogen-bond donors (Lipinski definition) is 0. The molecule has 4 aromatic rings. The molecular formula is C33H37N2O2+. The van der Waals surface area contributed by atoms with E-state index in [2.05, 4.69) is 97.1 Å². The summed E-state index contributed by atoms with van der Waals surface area (Å²) in [5.41, 5.74) is 7.45. The third-order valence-corrected chi connectivity index (χ3v) is 8.25. The van der Waals surface area contributed by atoms with Crippen molar-refractivity contribution < 1.29 is 14.0 Å². The highest BCUT2D eigenvalue weighted by Gasteiger charge is 2.49. The molecular weight excluding hydrogens is 456 g/mol. The molecule has 0 radical (unpaired) electrons. The van der Waals surface area contributed by atoms with Crippen molar-refractivity contribution in [3.63, 3.8) is 0 Å². The Balaban J connectivity index is 1.72. The van der Waals surface area contributed by atoms with E-state index >= 15 is 0 Å². The van der Waals surface area contributed by atoms with Crippen LogP contribution < -0.4 is 18.9 Å². The van der Waals surface area contributed by atoms with Gasteiger partial charge < -0.3 is 14.4 Å². The lowest BCUT2D eigenvalue weighted by Crippen LogP contribution is -2.55. The highest BCUT2D eigenvalue weighted by Crippen LogP contribution is 2.50. The minimum atomic E-state index is 0.104. The van der Waals surface area contributed by atoms with E-state index in [9.17, 15) is 0 Å². The maximum Gasteiger partial charge on any atom is 0.213 e. The van der Waals surface area contributed by atoms with Crippen molar-refractivity contribution in [2.75, 3.05) is 19.1 Å². The average molecular weight is 494 g/mol. The predicted octanol–water partition coefficient (Wildman–Crippen LogP) is 8.15. The number of methoxy groups -OCH3 is 2. The fourth-order valence-corrected chi connectivity index (χ4v) is 6.32. The Kier molecular flexibility index (Phi) is 6.92. The summed E-state index contributed by atoms with van der Waals surface area (Å²) >= 11 is 0. The molecule has 0 fully saturated rings. The molecule has 5 rings (SSSR count). The number of nitrogens with zero attached hydrogens (tertiary/aromatic N) is 2. The first-order valence-electron chi connectivity index (χ1n) is 13.3. The maximum absolute atomic E-state index is 5.43. The number of fused-ring (bicyclic) bond motifs is 3. The molecule has 4 nitrogen and oxygen atoms in total. The van der Waals surface area contributed by atoms with Gasteiger partial charge in [0.15, 0.2) is 12.2 Å². The third kappa shape index (κ3) is 4.15. The van der Waals surface area contributed by atoms with Crippen molar-refractivity contribution >= 4 is 17.1 Å². The lowest BCUT2D eigenvalue weighted by Gasteiger charge is -2.41.